The van der Waals surface area contributed by atoms with Crippen LogP contribution in [0.4, 0.5) is 0 Å². The van der Waals surface area contributed by atoms with Crippen molar-refractivity contribution in [3.05, 3.63) is 68.8 Å². The van der Waals surface area contributed by atoms with Crippen LogP contribution >= 0.6 is 0 Å². The first-order valence-corrected chi connectivity index (χ1v) is 9.39. The van der Waals surface area contributed by atoms with Crippen molar-refractivity contribution in [3.63, 3.8) is 0 Å². The first-order valence-electron chi connectivity index (χ1n) is 9.39. The van der Waals surface area contributed by atoms with Crippen LogP contribution in [0, 0.1) is 25.2 Å². The van der Waals surface area contributed by atoms with Gasteiger partial charge >= 0.3 is 0 Å². The lowest BCUT2D eigenvalue weighted by Crippen LogP contribution is -2.24. The van der Waals surface area contributed by atoms with Crippen LogP contribution in [0.25, 0.3) is 10.9 Å². The summed E-state index contributed by atoms with van der Waals surface area (Å²) in [4.78, 5) is 19.7. The summed E-state index contributed by atoms with van der Waals surface area (Å²) in [6, 6.07) is 10.2. The Morgan fingerprint density at radius 1 is 1.29 bits per heavy atom. The number of nitriles is 1. The quantitative estimate of drug-likeness (QED) is 0.727. The molecule has 0 bridgehead atoms. The molecule has 0 spiro atoms. The number of aryl methyl sites for hydroxylation is 2. The number of hydrogen-bond acceptors (Lipinski definition) is 4. The number of methoxy groups -OCH3 is 1. The van der Waals surface area contributed by atoms with Crippen LogP contribution in [0.5, 0.6) is 5.75 Å². The maximum absolute atomic E-state index is 12.2. The third kappa shape index (κ3) is 3.38. The Bertz CT molecular complexity index is 1140. The van der Waals surface area contributed by atoms with Crippen LogP contribution in [0.2, 0.25) is 0 Å². The van der Waals surface area contributed by atoms with E-state index < -0.39 is 5.41 Å². The molecule has 0 amide bonds. The Hall–Kier alpha value is -3.13. The van der Waals surface area contributed by atoms with Crippen molar-refractivity contribution in [1.82, 2.24) is 9.97 Å². The van der Waals surface area contributed by atoms with Gasteiger partial charge in [0.25, 0.3) is 5.56 Å². The number of fused-ring (bicyclic) bond motifs is 1. The van der Waals surface area contributed by atoms with Crippen molar-refractivity contribution in [1.29, 1.82) is 5.26 Å². The van der Waals surface area contributed by atoms with Crippen LogP contribution in [0.15, 0.2) is 35.3 Å². The van der Waals surface area contributed by atoms with Crippen LogP contribution in [-0.4, -0.2) is 17.1 Å². The number of hydrogen-bond donors (Lipinski definition) is 1. The maximum atomic E-state index is 12.2. The van der Waals surface area contributed by atoms with Crippen LogP contribution in [0.1, 0.15) is 41.8 Å². The molecule has 144 valence electrons. The minimum absolute atomic E-state index is 0.0772. The zero-order valence-corrected chi connectivity index (χ0v) is 17.0. The lowest BCUT2D eigenvalue weighted by atomic mass is 9.78. The van der Waals surface area contributed by atoms with E-state index in [0.29, 0.717) is 12.8 Å². The number of nitrogens with zero attached hydrogens (tertiary/aromatic N) is 2. The molecular weight excluding hydrogens is 350 g/mol. The molecule has 0 saturated heterocycles. The Balaban J connectivity index is 2.07. The molecular formula is C23H25N3O2. The number of aromatic amines is 1. The van der Waals surface area contributed by atoms with Crippen LogP contribution in [-0.2, 0) is 18.3 Å². The number of rotatable bonds is 5. The summed E-state index contributed by atoms with van der Waals surface area (Å²) in [6.07, 6.45) is 2.92. The SMILES string of the molecule is CCc1cc2ccc(C(C)(C#N)Cc3ncc(C)c(OC)c3C)cc2[nH]c1=O. The number of ether oxygens (including phenoxy) is 1. The van der Waals surface area contributed by atoms with Crippen molar-refractivity contribution in [2.24, 2.45) is 0 Å². The van der Waals surface area contributed by atoms with Gasteiger partial charge in [-0.2, -0.15) is 5.26 Å². The average Bonchev–Trinajstić information content (AvgIpc) is 2.69. The molecule has 2 aromatic heterocycles. The van der Waals surface area contributed by atoms with E-state index in [2.05, 4.69) is 16.0 Å². The molecule has 1 atom stereocenters. The van der Waals surface area contributed by atoms with Crippen molar-refractivity contribution in [2.45, 2.75) is 46.0 Å². The Labute approximate surface area is 165 Å². The molecule has 0 saturated carbocycles. The van der Waals surface area contributed by atoms with E-state index in [-0.39, 0.29) is 5.56 Å². The summed E-state index contributed by atoms with van der Waals surface area (Å²) in [6.45, 7) is 7.79. The van der Waals surface area contributed by atoms with Gasteiger partial charge in [0.05, 0.1) is 18.6 Å². The Morgan fingerprint density at radius 3 is 2.68 bits per heavy atom. The molecule has 3 aromatic rings. The van der Waals surface area contributed by atoms with E-state index >= 15 is 0 Å². The summed E-state index contributed by atoms with van der Waals surface area (Å²) in [5.41, 5.74) is 4.24. The second kappa shape index (κ2) is 7.47. The number of H-pyrrole nitrogens is 1. The molecule has 1 unspecified atom stereocenters. The minimum atomic E-state index is -0.785. The summed E-state index contributed by atoms with van der Waals surface area (Å²) >= 11 is 0. The molecule has 5 nitrogen and oxygen atoms in total. The summed E-state index contributed by atoms with van der Waals surface area (Å²) in [5.74, 6) is 0.806. The fourth-order valence-corrected chi connectivity index (χ4v) is 3.64. The number of benzene rings is 1. The second-order valence-electron chi connectivity index (χ2n) is 7.45. The molecule has 2 heterocycles. The number of aromatic nitrogens is 2. The van der Waals surface area contributed by atoms with Crippen LogP contribution in [0.3, 0.4) is 0 Å². The fraction of sp³-hybridized carbons (Fsp3) is 0.348. The molecule has 0 fully saturated rings. The van der Waals surface area contributed by atoms with E-state index in [4.69, 9.17) is 4.74 Å². The van der Waals surface area contributed by atoms with E-state index in [1.54, 1.807) is 13.3 Å². The molecule has 0 aliphatic heterocycles. The van der Waals surface area contributed by atoms with Gasteiger partial charge in [-0.05, 0) is 50.3 Å². The average molecular weight is 375 g/mol. The van der Waals surface area contributed by atoms with Gasteiger partial charge in [-0.25, -0.2) is 0 Å². The Kier molecular flexibility index (Phi) is 5.24. The van der Waals surface area contributed by atoms with Crippen molar-refractivity contribution in [2.75, 3.05) is 7.11 Å². The van der Waals surface area contributed by atoms with Gasteiger partial charge in [-0.1, -0.05) is 19.1 Å². The lowest BCUT2D eigenvalue weighted by Gasteiger charge is -2.24. The van der Waals surface area contributed by atoms with Gasteiger partial charge in [-0.15, -0.1) is 0 Å². The molecule has 0 aliphatic carbocycles. The summed E-state index contributed by atoms with van der Waals surface area (Å²) in [7, 11) is 1.65. The third-order valence-corrected chi connectivity index (χ3v) is 5.46. The van der Waals surface area contributed by atoms with Crippen molar-refractivity contribution >= 4 is 10.9 Å². The highest BCUT2D eigenvalue weighted by atomic mass is 16.5. The van der Waals surface area contributed by atoms with Gasteiger partial charge in [0.1, 0.15) is 5.75 Å². The zero-order valence-electron chi connectivity index (χ0n) is 17.0. The first kappa shape index (κ1) is 19.6. The summed E-state index contributed by atoms with van der Waals surface area (Å²) < 4.78 is 5.50. The predicted octanol–water partition coefficient (Wildman–Crippen LogP) is 4.13. The van der Waals surface area contributed by atoms with E-state index in [1.165, 1.54) is 0 Å². The lowest BCUT2D eigenvalue weighted by molar-refractivity contribution is 0.406. The van der Waals surface area contributed by atoms with Gasteiger partial charge in [-0.3, -0.25) is 9.78 Å². The van der Waals surface area contributed by atoms with E-state index in [0.717, 1.165) is 44.6 Å². The normalized spacial score (nSPS) is 13.1. The number of pyridine rings is 2. The molecule has 0 aliphatic rings. The third-order valence-electron chi connectivity index (χ3n) is 5.46. The van der Waals surface area contributed by atoms with Gasteiger partial charge in [0.15, 0.2) is 0 Å². The minimum Gasteiger partial charge on any atom is -0.496 e. The number of nitrogens with one attached hydrogen (secondary N) is 1. The van der Waals surface area contributed by atoms with E-state index in [9.17, 15) is 10.1 Å². The maximum Gasteiger partial charge on any atom is 0.251 e. The standard InChI is InChI=1S/C23H25N3O2/c1-6-16-9-17-7-8-18(10-19(17)26-22(16)27)23(4,13-24)11-20-15(3)21(28-5)14(2)12-25-20/h7-10,12H,6,11H2,1-5H3,(H,26,27). The molecule has 28 heavy (non-hydrogen) atoms. The topological polar surface area (TPSA) is 78.8 Å². The van der Waals surface area contributed by atoms with Crippen LogP contribution < -0.4 is 10.3 Å². The largest absolute Gasteiger partial charge is 0.496 e. The van der Waals surface area contributed by atoms with Crippen molar-refractivity contribution in [3.8, 4) is 11.8 Å². The Morgan fingerprint density at radius 2 is 2.04 bits per heavy atom. The molecule has 0 radical (unpaired) electrons. The highest BCUT2D eigenvalue weighted by Crippen LogP contribution is 2.32. The zero-order chi connectivity index (χ0) is 20.5. The highest BCUT2D eigenvalue weighted by molar-refractivity contribution is 5.80. The van der Waals surface area contributed by atoms with Gasteiger partial charge < -0.3 is 9.72 Å². The molecule has 3 rings (SSSR count). The monoisotopic (exact) mass is 375 g/mol. The predicted molar refractivity (Wildman–Crippen MR) is 111 cm³/mol. The second-order valence-corrected chi connectivity index (χ2v) is 7.45. The molecule has 5 heteroatoms. The smallest absolute Gasteiger partial charge is 0.251 e. The van der Waals surface area contributed by atoms with Gasteiger partial charge in [0.2, 0.25) is 0 Å². The van der Waals surface area contributed by atoms with Crippen molar-refractivity contribution < 1.29 is 4.74 Å². The van der Waals surface area contributed by atoms with Gasteiger partial charge in [0, 0.05) is 40.5 Å². The highest BCUT2D eigenvalue weighted by Gasteiger charge is 2.29. The summed E-state index contributed by atoms with van der Waals surface area (Å²) in [5, 5.41) is 11.0. The molecule has 1 aromatic carbocycles. The van der Waals surface area contributed by atoms with E-state index in [1.807, 2.05) is 52.0 Å². The first-order chi connectivity index (χ1) is 13.3. The fourth-order valence-electron chi connectivity index (χ4n) is 3.64. The molecule has 1 N–H and O–H groups in total.